The van der Waals surface area contributed by atoms with E-state index in [1.54, 1.807) is 0 Å². The molecule has 0 spiro atoms. The quantitative estimate of drug-likeness (QED) is 0.261. The summed E-state index contributed by atoms with van der Waals surface area (Å²) in [5.41, 5.74) is -1.16. The van der Waals surface area contributed by atoms with E-state index in [9.17, 15) is 30.6 Å². The third kappa shape index (κ3) is 5.30. The van der Waals surface area contributed by atoms with Crippen LogP contribution in [0.1, 0.15) is 40.0 Å². The van der Waals surface area contributed by atoms with Crippen LogP contribution in [0.25, 0.3) is 0 Å². The molecule has 3 aliphatic rings. The van der Waals surface area contributed by atoms with Crippen molar-refractivity contribution < 1.29 is 49.6 Å². The highest BCUT2D eigenvalue weighted by molar-refractivity contribution is 5.05. The molecule has 2 heterocycles. The summed E-state index contributed by atoms with van der Waals surface area (Å²) in [5.74, 6) is 0.198. The van der Waals surface area contributed by atoms with Crippen LogP contribution in [-0.4, -0.2) is 105 Å². The Morgan fingerprint density at radius 2 is 1.84 bits per heavy atom. The van der Waals surface area contributed by atoms with Gasteiger partial charge in [-0.15, -0.1) is 0 Å². The summed E-state index contributed by atoms with van der Waals surface area (Å²) in [6.07, 6.45) is -4.56. The summed E-state index contributed by atoms with van der Waals surface area (Å²) < 4.78 is 22.4. The molecule has 2 fully saturated rings. The van der Waals surface area contributed by atoms with Crippen molar-refractivity contribution in [2.24, 2.45) is 5.92 Å². The van der Waals surface area contributed by atoms with Gasteiger partial charge in [0.05, 0.1) is 25.4 Å². The van der Waals surface area contributed by atoms with E-state index in [4.69, 9.17) is 18.9 Å². The van der Waals surface area contributed by atoms with Crippen LogP contribution < -0.4 is 0 Å². The van der Waals surface area contributed by atoms with Gasteiger partial charge in [0, 0.05) is 0 Å². The number of ether oxygens (including phenoxy) is 4. The van der Waals surface area contributed by atoms with Gasteiger partial charge in [-0.1, -0.05) is 11.6 Å². The molecule has 0 unspecified atom stereocenters. The van der Waals surface area contributed by atoms with Crippen molar-refractivity contribution in [2.75, 3.05) is 19.8 Å². The minimum absolute atomic E-state index is 0.198. The molecule has 0 aromatic heterocycles. The summed E-state index contributed by atoms with van der Waals surface area (Å²) in [6.45, 7) is 4.57. The number of aliphatic hydroxyl groups is 6. The fraction of sp³-hybridized carbons (Fsp3) is 0.905. The molecule has 0 amide bonds. The molecular weight excluding hydrogens is 412 g/mol. The monoisotopic (exact) mass is 448 g/mol. The normalized spacial score (nSPS) is 44.4. The maximum Gasteiger partial charge on any atom is 0.187 e. The van der Waals surface area contributed by atoms with Crippen LogP contribution in [0.2, 0.25) is 0 Å². The van der Waals surface area contributed by atoms with Crippen LogP contribution in [-0.2, 0) is 18.9 Å². The molecule has 10 nitrogen and oxygen atoms in total. The summed E-state index contributed by atoms with van der Waals surface area (Å²) in [4.78, 5) is 0. The summed E-state index contributed by atoms with van der Waals surface area (Å²) in [7, 11) is 0. The Bertz CT molecular complexity index is 640. The number of hydrogen-bond donors (Lipinski definition) is 6. The van der Waals surface area contributed by atoms with E-state index >= 15 is 0 Å². The van der Waals surface area contributed by atoms with Crippen molar-refractivity contribution in [3.05, 3.63) is 11.6 Å². The fourth-order valence-corrected chi connectivity index (χ4v) is 4.27. The molecule has 0 aromatic rings. The molecule has 180 valence electrons. The molecule has 0 aromatic carbocycles. The molecule has 10 heteroatoms. The number of rotatable bonds is 7. The predicted octanol–water partition coefficient (Wildman–Crippen LogP) is -1.21. The first-order valence-electron chi connectivity index (χ1n) is 10.8. The van der Waals surface area contributed by atoms with E-state index in [1.165, 1.54) is 5.57 Å². The summed E-state index contributed by atoms with van der Waals surface area (Å²) in [5, 5.41) is 60.4. The van der Waals surface area contributed by atoms with Gasteiger partial charge < -0.3 is 49.6 Å². The number of hydrogen-bond acceptors (Lipinski definition) is 10. The molecule has 1 aliphatic carbocycles. The third-order valence-corrected chi connectivity index (χ3v) is 6.71. The zero-order valence-electron chi connectivity index (χ0n) is 18.3. The van der Waals surface area contributed by atoms with Gasteiger partial charge in [-0.05, 0) is 46.0 Å². The van der Waals surface area contributed by atoms with Crippen LogP contribution in [0.5, 0.6) is 0 Å². The molecule has 0 bridgehead atoms. The Hall–Kier alpha value is -0.660. The van der Waals surface area contributed by atoms with E-state index in [0.29, 0.717) is 0 Å². The minimum atomic E-state index is -1.84. The Morgan fingerprint density at radius 1 is 1.13 bits per heavy atom. The lowest BCUT2D eigenvalue weighted by atomic mass is 9.79. The zero-order chi connectivity index (χ0) is 23.0. The van der Waals surface area contributed by atoms with Gasteiger partial charge in [-0.2, -0.15) is 0 Å². The molecular formula is C21H36O10. The van der Waals surface area contributed by atoms with Crippen LogP contribution >= 0.6 is 0 Å². The second-order valence-electron chi connectivity index (χ2n) is 9.48. The van der Waals surface area contributed by atoms with E-state index in [0.717, 1.165) is 19.3 Å². The lowest BCUT2D eigenvalue weighted by Crippen LogP contribution is -2.61. The van der Waals surface area contributed by atoms with Crippen LogP contribution in [0, 0.1) is 5.92 Å². The zero-order valence-corrected chi connectivity index (χ0v) is 18.3. The van der Waals surface area contributed by atoms with E-state index in [1.807, 2.05) is 13.8 Å². The topological polar surface area (TPSA) is 158 Å². The first kappa shape index (κ1) is 25.0. The van der Waals surface area contributed by atoms with Gasteiger partial charge in [0.25, 0.3) is 0 Å². The van der Waals surface area contributed by atoms with E-state index < -0.39 is 60.9 Å². The highest BCUT2D eigenvalue weighted by Crippen LogP contribution is 2.37. The maximum atomic E-state index is 10.4. The second-order valence-corrected chi connectivity index (χ2v) is 9.48. The Kier molecular flexibility index (Phi) is 7.80. The maximum absolute atomic E-state index is 10.4. The SMILES string of the molecule is CC1=CC[C@@H](C(C)(C)O[C@@H]2O[C@H](CO[C@@H]3OC[C@](O)(CO)[C@H]3O)[C@@H](O)[C@H](O)[C@H]2O)CC1. The molecule has 2 aliphatic heterocycles. The predicted molar refractivity (Wildman–Crippen MR) is 107 cm³/mol. The first-order valence-corrected chi connectivity index (χ1v) is 10.8. The Morgan fingerprint density at radius 3 is 2.42 bits per heavy atom. The Balaban J connectivity index is 1.61. The van der Waals surface area contributed by atoms with Crippen LogP contribution in [0.3, 0.4) is 0 Å². The smallest absolute Gasteiger partial charge is 0.187 e. The van der Waals surface area contributed by atoms with E-state index in [2.05, 4.69) is 13.0 Å². The van der Waals surface area contributed by atoms with Crippen molar-refractivity contribution in [1.29, 1.82) is 0 Å². The average molecular weight is 449 g/mol. The summed E-state index contributed by atoms with van der Waals surface area (Å²) in [6, 6.07) is 0. The largest absolute Gasteiger partial charge is 0.393 e. The molecule has 0 radical (unpaired) electrons. The molecule has 3 rings (SSSR count). The van der Waals surface area contributed by atoms with E-state index in [-0.39, 0.29) is 19.1 Å². The first-order chi connectivity index (χ1) is 14.5. The minimum Gasteiger partial charge on any atom is -0.393 e. The molecule has 6 N–H and O–H groups in total. The van der Waals surface area contributed by atoms with Gasteiger partial charge in [-0.3, -0.25) is 0 Å². The van der Waals surface area contributed by atoms with Crippen molar-refractivity contribution >= 4 is 0 Å². The van der Waals surface area contributed by atoms with Crippen LogP contribution in [0.4, 0.5) is 0 Å². The van der Waals surface area contributed by atoms with Gasteiger partial charge in [-0.25, -0.2) is 0 Å². The highest BCUT2D eigenvalue weighted by Gasteiger charge is 2.50. The number of allylic oxidation sites excluding steroid dienone is 2. The lowest BCUT2D eigenvalue weighted by Gasteiger charge is -2.45. The van der Waals surface area contributed by atoms with Gasteiger partial charge in [0.15, 0.2) is 12.6 Å². The van der Waals surface area contributed by atoms with Crippen molar-refractivity contribution in [3.63, 3.8) is 0 Å². The van der Waals surface area contributed by atoms with Crippen molar-refractivity contribution in [2.45, 2.75) is 94.3 Å². The molecule has 2 saturated heterocycles. The van der Waals surface area contributed by atoms with Crippen molar-refractivity contribution in [1.82, 2.24) is 0 Å². The van der Waals surface area contributed by atoms with Gasteiger partial charge >= 0.3 is 0 Å². The molecule has 0 saturated carbocycles. The second kappa shape index (κ2) is 9.68. The van der Waals surface area contributed by atoms with Crippen molar-refractivity contribution in [3.8, 4) is 0 Å². The standard InChI is InChI=1S/C21H36O10/c1-11-4-6-12(7-5-11)20(2,3)31-18-16(25)15(24)14(23)13(30-18)8-28-19-17(26)21(27,9-22)10-29-19/h4,12-19,22-27H,5-10H2,1-3H3/t12-,13-,14-,15+,16-,17+,18+,19-,21-/m1/s1. The number of aliphatic hydroxyl groups excluding tert-OH is 5. The highest BCUT2D eigenvalue weighted by atomic mass is 16.7. The third-order valence-electron chi connectivity index (χ3n) is 6.71. The average Bonchev–Trinajstić information content (AvgIpc) is 3.02. The fourth-order valence-electron chi connectivity index (χ4n) is 4.27. The summed E-state index contributed by atoms with van der Waals surface area (Å²) >= 11 is 0. The van der Waals surface area contributed by atoms with Gasteiger partial charge in [0.1, 0.15) is 36.1 Å². The van der Waals surface area contributed by atoms with Gasteiger partial charge in [0.2, 0.25) is 0 Å². The lowest BCUT2D eigenvalue weighted by molar-refractivity contribution is -0.334. The molecule has 9 atom stereocenters. The Labute approximate surface area is 182 Å². The molecule has 31 heavy (non-hydrogen) atoms. The van der Waals surface area contributed by atoms with Crippen LogP contribution in [0.15, 0.2) is 11.6 Å².